The van der Waals surface area contributed by atoms with Gasteiger partial charge in [-0.05, 0) is 48.5 Å². The molecule has 87 heavy (non-hydrogen) atoms. The molecule has 4 heterocycles. The summed E-state index contributed by atoms with van der Waals surface area (Å²) in [6.07, 6.45) is -12.1. The predicted molar refractivity (Wildman–Crippen MR) is 279 cm³/mol. The molecule has 3 aliphatic heterocycles. The highest BCUT2D eigenvalue weighted by atomic mass is 16.7. The Morgan fingerprint density at radius 1 is 0.540 bits per heavy atom. The molecule has 0 radical (unpaired) electrons. The van der Waals surface area contributed by atoms with Gasteiger partial charge in [-0.1, -0.05) is 0 Å². The van der Waals surface area contributed by atoms with Crippen LogP contribution >= 0.6 is 0 Å². The van der Waals surface area contributed by atoms with Gasteiger partial charge in [0.2, 0.25) is 23.0 Å². The van der Waals surface area contributed by atoms with Crippen LogP contribution in [-0.4, -0.2) is 159 Å². The van der Waals surface area contributed by atoms with Crippen LogP contribution in [-0.2, 0) is 23.7 Å². The zero-order valence-electron chi connectivity index (χ0n) is 42.9. The van der Waals surface area contributed by atoms with E-state index in [1.54, 1.807) is 0 Å². The number of carbonyl (C=O) groups excluding carboxylic acids is 4. The number of carboxylic acid groups (broad SMARTS) is 1. The molecule has 3 aliphatic rings. The highest BCUT2D eigenvalue weighted by Crippen LogP contribution is 2.62. The van der Waals surface area contributed by atoms with Gasteiger partial charge in [0.15, 0.2) is 105 Å². The van der Waals surface area contributed by atoms with Crippen LogP contribution in [0.4, 0.5) is 0 Å². The molecule has 8 aromatic rings. The number of rotatable bonds is 8. The van der Waals surface area contributed by atoms with E-state index in [0.29, 0.717) is 42.5 Å². The molecule has 5 atom stereocenters. The van der Waals surface area contributed by atoms with Gasteiger partial charge in [0.1, 0.15) is 29.6 Å². The summed E-state index contributed by atoms with van der Waals surface area (Å²) >= 11 is 0. The molecule has 18 N–H and O–H groups in total. The van der Waals surface area contributed by atoms with Crippen LogP contribution in [0.5, 0.6) is 115 Å². The van der Waals surface area contributed by atoms with Gasteiger partial charge in [0.25, 0.3) is 0 Å². The second-order valence-corrected chi connectivity index (χ2v) is 19.2. The maximum Gasteiger partial charge on any atom is 0.403 e. The van der Waals surface area contributed by atoms with Gasteiger partial charge in [-0.3, -0.25) is 0 Å². The number of aliphatic hydroxyl groups excluding tert-OH is 1. The Morgan fingerprint density at radius 2 is 1.10 bits per heavy atom. The second-order valence-electron chi connectivity index (χ2n) is 19.2. The number of phenolic OH excluding ortho intramolecular Hbond substituents is 16. The van der Waals surface area contributed by atoms with Crippen molar-refractivity contribution in [2.24, 2.45) is 0 Å². The zero-order valence-corrected chi connectivity index (χ0v) is 42.9. The smallest absolute Gasteiger partial charge is 0.403 e. The number of cyclic esters (lactones) is 1. The summed E-state index contributed by atoms with van der Waals surface area (Å²) in [7, 11) is 0. The summed E-state index contributed by atoms with van der Waals surface area (Å²) in [5, 5.41) is 194. The number of hydrogen-bond donors (Lipinski definition) is 18. The van der Waals surface area contributed by atoms with Crippen molar-refractivity contribution in [2.45, 2.75) is 30.7 Å². The largest absolute Gasteiger partial charge is 0.507 e. The lowest BCUT2D eigenvalue weighted by Gasteiger charge is -2.42. The van der Waals surface area contributed by atoms with Gasteiger partial charge in [0.05, 0.1) is 45.0 Å². The van der Waals surface area contributed by atoms with E-state index < -0.39 is 238 Å². The number of phenols is 16. The fourth-order valence-corrected chi connectivity index (χ4v) is 9.79. The van der Waals surface area contributed by atoms with Gasteiger partial charge >= 0.3 is 41.2 Å². The molecule has 1 saturated heterocycles. The van der Waals surface area contributed by atoms with Crippen molar-refractivity contribution in [3.8, 4) is 149 Å². The van der Waals surface area contributed by atoms with Crippen LogP contribution in [0.1, 0.15) is 51.8 Å². The highest BCUT2D eigenvalue weighted by Gasteiger charge is 2.54. The van der Waals surface area contributed by atoms with E-state index in [4.69, 9.17) is 37.6 Å². The fourth-order valence-electron chi connectivity index (χ4n) is 9.79. The number of aromatic carboxylic acids is 1. The predicted octanol–water partition coefficient (Wildman–Crippen LogP) is 5.46. The Balaban J connectivity index is 1.10. The zero-order chi connectivity index (χ0) is 62.7. The Labute approximate surface area is 479 Å². The van der Waals surface area contributed by atoms with E-state index >= 15 is 0 Å². The van der Waals surface area contributed by atoms with Crippen LogP contribution in [0.3, 0.4) is 0 Å². The number of esters is 4. The Kier molecular flexibility index (Phi) is 13.3. The molecule has 0 bridgehead atoms. The first-order chi connectivity index (χ1) is 41.1. The summed E-state index contributed by atoms with van der Waals surface area (Å²) in [6, 6.07) is 8.62. The van der Waals surface area contributed by atoms with Crippen molar-refractivity contribution in [3.05, 3.63) is 101 Å². The first kappa shape index (κ1) is 56.5. The van der Waals surface area contributed by atoms with Gasteiger partial charge in [-0.25, -0.2) is 28.4 Å². The molecule has 0 aliphatic carbocycles. The standard InChI is InChI=1S/C56H36O31/c57-17-8-29-36-30(9-17)82-47-35(18(51(73)74)10-28(65)41(47)69)37(36)48(45(81-29)14-1-2-21(58)22(59)3-14)83-31-12-20-34(44(72)42(31)70)33-19(11-27(64)40(68)43(33)71)55(78)85-46-32(13-80-54(20)77)84-56(79)50(87-53(76)16-6-25(62)39(67)26(63)7-16)49(46)86-52(75)15-4-23(60)38(66)24(61)5-15/h1-12,32,46,49-50,56,79H,13H2,(H16-,57,58,59,60,61,62,63,64,65,66,67,68,69,70,71,72,73,74,75,76,77,78)/p+1. The molecule has 5 unspecified atom stereocenters. The summed E-state index contributed by atoms with van der Waals surface area (Å²) in [6.45, 7) is -1.30. The lowest BCUT2D eigenvalue weighted by molar-refractivity contribution is -0.284. The van der Waals surface area contributed by atoms with Crippen LogP contribution in [0.15, 0.2) is 77.2 Å². The molecule has 1 fully saturated rings. The van der Waals surface area contributed by atoms with E-state index in [1.807, 2.05) is 0 Å². The summed E-state index contributed by atoms with van der Waals surface area (Å²) in [5.74, 6) is -30.7. The quantitative estimate of drug-likeness (QED) is 0.0388. The van der Waals surface area contributed by atoms with Crippen LogP contribution in [0, 0.1) is 0 Å². The van der Waals surface area contributed by atoms with E-state index in [0.717, 1.165) is 30.3 Å². The van der Waals surface area contributed by atoms with E-state index in [1.165, 1.54) is 0 Å². The molecule has 0 spiro atoms. The third-order valence-corrected chi connectivity index (χ3v) is 13.8. The van der Waals surface area contributed by atoms with Crippen molar-refractivity contribution in [3.63, 3.8) is 0 Å². The SMILES string of the molecule is O=C(OC1C(O)OC2COC(=O)c3cc(Oc4c(-c5ccc(O)c(O)c5)[o+]c5cc(O)cc6c5c4-c4c(C(=O)O)cc(O)c(O)c4O6)c(O)c(O)c3-c3c(cc(O)c(O)c3O)C(=O)OC2C1OC(=O)c1cc(O)c(O)c(O)c1)c1cc(O)c(O)c(O)c1. The van der Waals surface area contributed by atoms with Crippen LogP contribution in [0.25, 0.3) is 44.5 Å². The molecule has 11 rings (SSSR count). The summed E-state index contributed by atoms with van der Waals surface area (Å²) in [5.41, 5.74) is -8.83. The van der Waals surface area contributed by atoms with Crippen LogP contribution in [0.2, 0.25) is 0 Å². The molecular formula is C56H37O31+. The molecule has 1 aromatic heterocycles. The number of carbonyl (C=O) groups is 5. The van der Waals surface area contributed by atoms with Gasteiger partial charge in [-0.2, -0.15) is 0 Å². The maximum absolute atomic E-state index is 14.9. The second kappa shape index (κ2) is 20.5. The minimum absolute atomic E-state index is 0.272. The molecule has 0 amide bonds. The molecule has 446 valence electrons. The Hall–Kier alpha value is -12.4. The van der Waals surface area contributed by atoms with Crippen molar-refractivity contribution in [2.75, 3.05) is 6.61 Å². The van der Waals surface area contributed by atoms with Gasteiger partial charge in [-0.15, -0.1) is 0 Å². The number of aromatic hydroxyl groups is 16. The maximum atomic E-state index is 14.9. The number of carboxylic acids is 1. The van der Waals surface area contributed by atoms with Crippen molar-refractivity contribution < 1.29 is 153 Å². The van der Waals surface area contributed by atoms with Gasteiger partial charge < -0.3 is 125 Å². The molecule has 7 aromatic carbocycles. The number of hydrogen-bond acceptors (Lipinski definition) is 29. The van der Waals surface area contributed by atoms with Crippen molar-refractivity contribution in [1.29, 1.82) is 0 Å². The van der Waals surface area contributed by atoms with Gasteiger partial charge in [0, 0.05) is 34.9 Å². The third-order valence-electron chi connectivity index (χ3n) is 13.8. The van der Waals surface area contributed by atoms with E-state index in [2.05, 4.69) is 0 Å². The number of fused-ring (bicyclic) bond motifs is 6. The Morgan fingerprint density at radius 3 is 1.70 bits per heavy atom. The molecule has 0 saturated carbocycles. The summed E-state index contributed by atoms with van der Waals surface area (Å²) < 4.78 is 46.3. The van der Waals surface area contributed by atoms with Crippen LogP contribution < -0.4 is 9.47 Å². The number of ether oxygens (including phenoxy) is 7. The van der Waals surface area contributed by atoms with E-state index in [9.17, 15) is 116 Å². The van der Waals surface area contributed by atoms with Crippen molar-refractivity contribution >= 4 is 40.8 Å². The number of aliphatic hydroxyl groups is 1. The lowest BCUT2D eigenvalue weighted by Crippen LogP contribution is -2.62. The monoisotopic (exact) mass is 1210 g/mol. The van der Waals surface area contributed by atoms with Crippen molar-refractivity contribution in [1.82, 2.24) is 0 Å². The summed E-state index contributed by atoms with van der Waals surface area (Å²) in [4.78, 5) is 70.4. The first-order valence-electron chi connectivity index (χ1n) is 24.5. The molecular weight excluding hydrogens is 1170 g/mol. The normalized spacial score (nSPS) is 17.6. The minimum Gasteiger partial charge on any atom is -0.507 e. The number of benzene rings is 7. The molecule has 31 nitrogen and oxygen atoms in total. The fraction of sp³-hybridized carbons (Fsp3) is 0.107. The molecule has 31 heteroatoms. The average Bonchev–Trinajstić information content (AvgIpc) is 1.09. The topological polar surface area (TPSA) is 525 Å². The first-order valence-corrected chi connectivity index (χ1v) is 24.5. The minimum atomic E-state index is -2.59. The van der Waals surface area contributed by atoms with E-state index in [-0.39, 0.29) is 16.5 Å². The third kappa shape index (κ3) is 9.29. The highest BCUT2D eigenvalue weighted by molar-refractivity contribution is 6.13. The average molecular weight is 1210 g/mol. The lowest BCUT2D eigenvalue weighted by atomic mass is 9.90. The Bertz CT molecular complexity index is 4330.